The molecular formula is C17H22ClFO2. The van der Waals surface area contributed by atoms with Crippen molar-refractivity contribution in [2.45, 2.75) is 26.7 Å². The first kappa shape index (κ1) is 17.8. The molecule has 1 rings (SSSR count). The van der Waals surface area contributed by atoms with Crippen molar-refractivity contribution >= 4 is 11.6 Å². The first-order valence-corrected chi connectivity index (χ1v) is 7.72. The maximum Gasteiger partial charge on any atom is 0.137 e. The highest BCUT2D eigenvalue weighted by atomic mass is 35.5. The zero-order valence-corrected chi connectivity index (χ0v) is 13.4. The standard InChI is InChI=1S/C17H22ClFO2/c1-14(2)8-10-20-11-12-21-17-13-16(19)7-6-15(17)5-3-4-9-18/h6-7,13-14H,4,8-12H2,1-2H3. The van der Waals surface area contributed by atoms with Gasteiger partial charge in [-0.2, -0.15) is 0 Å². The normalized spacial score (nSPS) is 10.3. The van der Waals surface area contributed by atoms with Crippen molar-refractivity contribution in [2.75, 3.05) is 25.7 Å². The molecule has 4 heteroatoms. The van der Waals surface area contributed by atoms with Crippen LogP contribution in [0.5, 0.6) is 5.75 Å². The van der Waals surface area contributed by atoms with Gasteiger partial charge < -0.3 is 9.47 Å². The summed E-state index contributed by atoms with van der Waals surface area (Å²) in [5.41, 5.74) is 0.670. The van der Waals surface area contributed by atoms with Crippen LogP contribution >= 0.6 is 11.6 Å². The third-order valence-corrected chi connectivity index (χ3v) is 2.90. The third-order valence-electron chi connectivity index (χ3n) is 2.71. The molecule has 0 fully saturated rings. The molecule has 0 N–H and O–H groups in total. The van der Waals surface area contributed by atoms with E-state index in [0.717, 1.165) is 6.42 Å². The minimum absolute atomic E-state index is 0.339. The summed E-state index contributed by atoms with van der Waals surface area (Å²) in [6.45, 7) is 5.88. The molecule has 0 radical (unpaired) electrons. The van der Waals surface area contributed by atoms with E-state index in [0.29, 0.717) is 49.4 Å². The molecule has 0 saturated carbocycles. The zero-order chi connectivity index (χ0) is 15.5. The van der Waals surface area contributed by atoms with Crippen LogP contribution in [0.3, 0.4) is 0 Å². The van der Waals surface area contributed by atoms with Crippen LogP contribution in [0.25, 0.3) is 0 Å². The molecule has 1 aromatic rings. The van der Waals surface area contributed by atoms with Gasteiger partial charge >= 0.3 is 0 Å². The molecule has 0 aromatic heterocycles. The Bertz CT molecular complexity index is 477. The predicted molar refractivity (Wildman–Crippen MR) is 84.4 cm³/mol. The quantitative estimate of drug-likeness (QED) is 0.406. The molecule has 116 valence electrons. The third kappa shape index (κ3) is 7.94. The number of hydrogen-bond donors (Lipinski definition) is 0. The van der Waals surface area contributed by atoms with Crippen molar-refractivity contribution in [3.63, 3.8) is 0 Å². The van der Waals surface area contributed by atoms with Gasteiger partial charge in [0.25, 0.3) is 0 Å². The summed E-state index contributed by atoms with van der Waals surface area (Å²) in [6.07, 6.45) is 1.62. The fourth-order valence-corrected chi connectivity index (χ4v) is 1.65. The molecule has 0 unspecified atom stereocenters. The van der Waals surface area contributed by atoms with E-state index >= 15 is 0 Å². The number of benzene rings is 1. The van der Waals surface area contributed by atoms with Gasteiger partial charge in [0.2, 0.25) is 0 Å². The van der Waals surface area contributed by atoms with Crippen LogP contribution in [0.15, 0.2) is 18.2 Å². The van der Waals surface area contributed by atoms with Crippen molar-refractivity contribution in [2.24, 2.45) is 5.92 Å². The Morgan fingerprint density at radius 2 is 2.05 bits per heavy atom. The van der Waals surface area contributed by atoms with E-state index in [9.17, 15) is 4.39 Å². The zero-order valence-electron chi connectivity index (χ0n) is 12.6. The molecule has 2 nitrogen and oxygen atoms in total. The van der Waals surface area contributed by atoms with Crippen molar-refractivity contribution in [1.29, 1.82) is 0 Å². The lowest BCUT2D eigenvalue weighted by Gasteiger charge is -2.10. The fraction of sp³-hybridized carbons (Fsp3) is 0.529. The van der Waals surface area contributed by atoms with Crippen LogP contribution in [-0.2, 0) is 4.74 Å². The number of halogens is 2. The maximum atomic E-state index is 13.3. The van der Waals surface area contributed by atoms with E-state index in [1.807, 2.05) is 0 Å². The van der Waals surface area contributed by atoms with E-state index in [2.05, 4.69) is 25.7 Å². The van der Waals surface area contributed by atoms with Gasteiger partial charge in [0.15, 0.2) is 0 Å². The first-order chi connectivity index (χ1) is 10.1. The Hall–Kier alpha value is -1.24. The summed E-state index contributed by atoms with van der Waals surface area (Å²) in [4.78, 5) is 0. The number of hydrogen-bond acceptors (Lipinski definition) is 2. The van der Waals surface area contributed by atoms with Gasteiger partial charge in [-0.15, -0.1) is 11.6 Å². The summed E-state index contributed by atoms with van der Waals surface area (Å²) in [5.74, 6) is 7.07. The van der Waals surface area contributed by atoms with E-state index in [1.54, 1.807) is 6.07 Å². The van der Waals surface area contributed by atoms with Crippen LogP contribution < -0.4 is 4.74 Å². The SMILES string of the molecule is CC(C)CCOCCOc1cc(F)ccc1C#CCCCl. The molecule has 0 aliphatic carbocycles. The summed E-state index contributed by atoms with van der Waals surface area (Å²) < 4.78 is 24.3. The minimum Gasteiger partial charge on any atom is -0.490 e. The van der Waals surface area contributed by atoms with Crippen LogP contribution in [0, 0.1) is 23.6 Å². The molecule has 0 atom stereocenters. The van der Waals surface area contributed by atoms with Gasteiger partial charge in [-0.05, 0) is 24.5 Å². The van der Waals surface area contributed by atoms with Gasteiger partial charge in [-0.3, -0.25) is 0 Å². The topological polar surface area (TPSA) is 18.5 Å². The Morgan fingerprint density at radius 3 is 2.76 bits per heavy atom. The fourth-order valence-electron chi connectivity index (χ4n) is 1.56. The van der Waals surface area contributed by atoms with Crippen LogP contribution in [0.4, 0.5) is 4.39 Å². The average molecular weight is 313 g/mol. The Kier molecular flexibility index (Phi) is 8.89. The molecule has 1 aromatic carbocycles. The molecule has 0 saturated heterocycles. The average Bonchev–Trinajstić information content (AvgIpc) is 2.44. The Labute approximate surface area is 131 Å². The molecule has 0 aliphatic heterocycles. The minimum atomic E-state index is -0.339. The second kappa shape index (κ2) is 10.5. The molecule has 0 amide bonds. The maximum absolute atomic E-state index is 13.3. The first-order valence-electron chi connectivity index (χ1n) is 7.18. The summed E-state index contributed by atoms with van der Waals surface area (Å²) >= 11 is 5.58. The number of ether oxygens (including phenoxy) is 2. The van der Waals surface area contributed by atoms with E-state index in [1.165, 1.54) is 12.1 Å². The van der Waals surface area contributed by atoms with Crippen LogP contribution in [0.2, 0.25) is 0 Å². The highest BCUT2D eigenvalue weighted by molar-refractivity contribution is 6.18. The number of rotatable bonds is 8. The Balaban J connectivity index is 2.46. The molecule has 21 heavy (non-hydrogen) atoms. The van der Waals surface area contributed by atoms with Gasteiger partial charge in [0.05, 0.1) is 12.2 Å². The smallest absolute Gasteiger partial charge is 0.137 e. The molecule has 0 aliphatic rings. The highest BCUT2D eigenvalue weighted by Crippen LogP contribution is 2.19. The van der Waals surface area contributed by atoms with Crippen molar-refractivity contribution < 1.29 is 13.9 Å². The lowest BCUT2D eigenvalue weighted by molar-refractivity contribution is 0.0924. The molecule has 0 spiro atoms. The largest absolute Gasteiger partial charge is 0.490 e. The molecule has 0 heterocycles. The van der Waals surface area contributed by atoms with Crippen LogP contribution in [-0.4, -0.2) is 25.7 Å². The Morgan fingerprint density at radius 1 is 1.24 bits per heavy atom. The molecule has 0 bridgehead atoms. The van der Waals surface area contributed by atoms with Crippen molar-refractivity contribution in [1.82, 2.24) is 0 Å². The lowest BCUT2D eigenvalue weighted by Crippen LogP contribution is -2.09. The van der Waals surface area contributed by atoms with Crippen LogP contribution in [0.1, 0.15) is 32.3 Å². The second-order valence-electron chi connectivity index (χ2n) is 5.02. The predicted octanol–water partition coefficient (Wildman–Crippen LogP) is 4.25. The highest BCUT2D eigenvalue weighted by Gasteiger charge is 2.03. The van der Waals surface area contributed by atoms with Gasteiger partial charge in [0, 0.05) is 25.0 Å². The monoisotopic (exact) mass is 312 g/mol. The van der Waals surface area contributed by atoms with Gasteiger partial charge in [0.1, 0.15) is 18.2 Å². The van der Waals surface area contributed by atoms with Crippen molar-refractivity contribution in [3.8, 4) is 17.6 Å². The molecular weight excluding hydrogens is 291 g/mol. The second-order valence-corrected chi connectivity index (χ2v) is 5.40. The van der Waals surface area contributed by atoms with Gasteiger partial charge in [-0.1, -0.05) is 25.7 Å². The van der Waals surface area contributed by atoms with E-state index < -0.39 is 0 Å². The van der Waals surface area contributed by atoms with Gasteiger partial charge in [-0.25, -0.2) is 4.39 Å². The van der Waals surface area contributed by atoms with E-state index in [4.69, 9.17) is 21.1 Å². The lowest BCUT2D eigenvalue weighted by atomic mass is 10.1. The summed E-state index contributed by atoms with van der Waals surface area (Å²) in [7, 11) is 0. The summed E-state index contributed by atoms with van der Waals surface area (Å²) in [6, 6.07) is 4.33. The summed E-state index contributed by atoms with van der Waals surface area (Å²) in [5, 5.41) is 0. The van der Waals surface area contributed by atoms with E-state index in [-0.39, 0.29) is 5.82 Å². The number of alkyl halides is 1. The van der Waals surface area contributed by atoms with Crippen molar-refractivity contribution in [3.05, 3.63) is 29.6 Å².